The molecule has 0 aliphatic rings. The van der Waals surface area contributed by atoms with Crippen LogP contribution in [0.1, 0.15) is 79.1 Å². The number of carbonyl (C=O) groups is 2. The van der Waals surface area contributed by atoms with E-state index in [1.807, 2.05) is 13.8 Å². The van der Waals surface area contributed by atoms with Crippen molar-refractivity contribution in [3.63, 3.8) is 0 Å². The van der Waals surface area contributed by atoms with Gasteiger partial charge in [-0.15, -0.1) is 0 Å². The highest BCUT2D eigenvalue weighted by molar-refractivity contribution is 8.15. The van der Waals surface area contributed by atoms with E-state index in [0.717, 1.165) is 24.6 Å². The van der Waals surface area contributed by atoms with Crippen molar-refractivity contribution >= 4 is 22.8 Å². The molecule has 3 nitrogen and oxygen atoms in total. The lowest BCUT2D eigenvalue weighted by molar-refractivity contribution is -0.146. The Morgan fingerprint density at radius 1 is 1.00 bits per heavy atom. The van der Waals surface area contributed by atoms with Gasteiger partial charge in [0.2, 0.25) is 0 Å². The molecule has 0 spiro atoms. The number of unbranched alkanes of at least 4 members (excludes halogenated alkanes) is 5. The van der Waals surface area contributed by atoms with E-state index in [2.05, 4.69) is 6.92 Å². The van der Waals surface area contributed by atoms with Gasteiger partial charge >= 0.3 is 5.97 Å². The van der Waals surface area contributed by atoms with E-state index >= 15 is 0 Å². The van der Waals surface area contributed by atoms with E-state index < -0.39 is 4.75 Å². The molecule has 0 amide bonds. The molecule has 0 unspecified atom stereocenters. The standard InChI is InChI=1S/C16H30O3S/c1-5-8-9-10-11-12-13-16(4,15(18)19-7-3)20-14(17)6-2/h5-13H2,1-4H3/t16-/m0/s1. The fourth-order valence-corrected chi connectivity index (χ4v) is 3.08. The monoisotopic (exact) mass is 302 g/mol. The maximum atomic E-state index is 12.1. The van der Waals surface area contributed by atoms with Crippen LogP contribution >= 0.6 is 11.8 Å². The van der Waals surface area contributed by atoms with Gasteiger partial charge in [0, 0.05) is 6.42 Å². The van der Waals surface area contributed by atoms with Crippen LogP contribution in [0.2, 0.25) is 0 Å². The van der Waals surface area contributed by atoms with Crippen molar-refractivity contribution in [1.29, 1.82) is 0 Å². The third-order valence-electron chi connectivity index (χ3n) is 3.34. The summed E-state index contributed by atoms with van der Waals surface area (Å²) in [7, 11) is 0. The summed E-state index contributed by atoms with van der Waals surface area (Å²) in [5.41, 5.74) is 0. The highest BCUT2D eigenvalue weighted by atomic mass is 32.2. The lowest BCUT2D eigenvalue weighted by Gasteiger charge is -2.25. The summed E-state index contributed by atoms with van der Waals surface area (Å²) < 4.78 is 4.42. The first-order chi connectivity index (χ1) is 9.50. The van der Waals surface area contributed by atoms with Crippen LogP contribution in [0.5, 0.6) is 0 Å². The summed E-state index contributed by atoms with van der Waals surface area (Å²) in [6.07, 6.45) is 8.25. The predicted molar refractivity (Wildman–Crippen MR) is 85.9 cm³/mol. The van der Waals surface area contributed by atoms with Gasteiger partial charge in [0.15, 0.2) is 5.12 Å². The van der Waals surface area contributed by atoms with Gasteiger partial charge in [-0.2, -0.15) is 0 Å². The second kappa shape index (κ2) is 11.2. The first-order valence-electron chi connectivity index (χ1n) is 7.89. The van der Waals surface area contributed by atoms with Crippen LogP contribution in [0.15, 0.2) is 0 Å². The average Bonchev–Trinajstić information content (AvgIpc) is 2.42. The molecule has 0 heterocycles. The number of esters is 1. The number of rotatable bonds is 11. The molecule has 0 aromatic heterocycles. The largest absolute Gasteiger partial charge is 0.465 e. The van der Waals surface area contributed by atoms with E-state index in [-0.39, 0.29) is 11.1 Å². The van der Waals surface area contributed by atoms with E-state index in [0.29, 0.717) is 19.4 Å². The van der Waals surface area contributed by atoms with Gasteiger partial charge in [0.05, 0.1) is 6.61 Å². The van der Waals surface area contributed by atoms with E-state index in [1.165, 1.54) is 25.7 Å². The zero-order valence-corrected chi connectivity index (χ0v) is 14.3. The van der Waals surface area contributed by atoms with Gasteiger partial charge in [-0.1, -0.05) is 64.1 Å². The molecule has 0 aromatic carbocycles. The topological polar surface area (TPSA) is 43.4 Å². The third-order valence-corrected chi connectivity index (χ3v) is 4.68. The van der Waals surface area contributed by atoms with Gasteiger partial charge in [-0.3, -0.25) is 9.59 Å². The third kappa shape index (κ3) is 7.93. The Morgan fingerprint density at radius 3 is 2.15 bits per heavy atom. The summed E-state index contributed by atoms with van der Waals surface area (Å²) in [4.78, 5) is 23.8. The van der Waals surface area contributed by atoms with Crippen LogP contribution in [0.3, 0.4) is 0 Å². The van der Waals surface area contributed by atoms with Gasteiger partial charge in [0.25, 0.3) is 0 Å². The Balaban J connectivity index is 4.31. The van der Waals surface area contributed by atoms with Crippen molar-refractivity contribution in [2.45, 2.75) is 83.8 Å². The Hall–Kier alpha value is -0.510. The molecule has 0 radical (unpaired) electrons. The van der Waals surface area contributed by atoms with Crippen molar-refractivity contribution in [2.24, 2.45) is 0 Å². The summed E-state index contributed by atoms with van der Waals surface area (Å²) in [6.45, 7) is 8.03. The summed E-state index contributed by atoms with van der Waals surface area (Å²) in [5.74, 6) is -0.250. The maximum Gasteiger partial charge on any atom is 0.322 e. The number of hydrogen-bond donors (Lipinski definition) is 0. The molecule has 0 saturated heterocycles. The molecule has 4 heteroatoms. The highest BCUT2D eigenvalue weighted by Crippen LogP contribution is 2.33. The molecule has 0 aromatic rings. The van der Waals surface area contributed by atoms with Crippen LogP contribution in [0.4, 0.5) is 0 Å². The zero-order chi connectivity index (χ0) is 15.4. The van der Waals surface area contributed by atoms with Crippen LogP contribution in [-0.4, -0.2) is 22.4 Å². The Morgan fingerprint density at radius 2 is 1.60 bits per heavy atom. The van der Waals surface area contributed by atoms with Crippen LogP contribution in [0.25, 0.3) is 0 Å². The van der Waals surface area contributed by atoms with Gasteiger partial charge in [-0.25, -0.2) is 0 Å². The quantitative estimate of drug-likeness (QED) is 0.409. The van der Waals surface area contributed by atoms with Crippen molar-refractivity contribution < 1.29 is 14.3 Å². The molecule has 0 N–H and O–H groups in total. The molecular weight excluding hydrogens is 272 g/mol. The normalized spacial score (nSPS) is 13.8. The van der Waals surface area contributed by atoms with Gasteiger partial charge in [0.1, 0.15) is 4.75 Å². The minimum absolute atomic E-state index is 0.0616. The lowest BCUT2D eigenvalue weighted by atomic mass is 10.0. The second-order valence-electron chi connectivity index (χ2n) is 5.30. The lowest BCUT2D eigenvalue weighted by Crippen LogP contribution is -2.35. The fraction of sp³-hybridized carbons (Fsp3) is 0.875. The molecule has 1 atom stereocenters. The summed E-state index contributed by atoms with van der Waals surface area (Å²) in [5, 5.41) is 0.0616. The van der Waals surface area contributed by atoms with Crippen molar-refractivity contribution in [2.75, 3.05) is 6.61 Å². The predicted octanol–water partition coefficient (Wildman–Crippen LogP) is 4.73. The number of hydrogen-bond acceptors (Lipinski definition) is 4. The molecule has 0 rings (SSSR count). The Kier molecular flexibility index (Phi) is 10.9. The summed E-state index contributed by atoms with van der Waals surface area (Å²) in [6, 6.07) is 0. The minimum atomic E-state index is -0.714. The van der Waals surface area contributed by atoms with Crippen molar-refractivity contribution in [3.8, 4) is 0 Å². The molecule has 0 bridgehead atoms. The summed E-state index contributed by atoms with van der Waals surface area (Å²) >= 11 is 1.15. The van der Waals surface area contributed by atoms with Gasteiger partial charge in [-0.05, 0) is 20.3 Å². The Labute approximate surface area is 128 Å². The zero-order valence-electron chi connectivity index (χ0n) is 13.5. The molecular formula is C16H30O3S. The number of carbonyl (C=O) groups excluding carboxylic acids is 2. The molecule has 20 heavy (non-hydrogen) atoms. The maximum absolute atomic E-state index is 12.1. The number of ether oxygens (including phenoxy) is 1. The molecule has 0 aliphatic heterocycles. The van der Waals surface area contributed by atoms with E-state index in [1.54, 1.807) is 6.92 Å². The van der Waals surface area contributed by atoms with Crippen molar-refractivity contribution in [1.82, 2.24) is 0 Å². The minimum Gasteiger partial charge on any atom is -0.465 e. The highest BCUT2D eigenvalue weighted by Gasteiger charge is 2.37. The molecule has 0 saturated carbocycles. The first-order valence-corrected chi connectivity index (χ1v) is 8.70. The second-order valence-corrected chi connectivity index (χ2v) is 6.86. The number of thioether (sulfide) groups is 1. The Bertz CT molecular complexity index is 291. The van der Waals surface area contributed by atoms with Crippen LogP contribution < -0.4 is 0 Å². The molecule has 0 aliphatic carbocycles. The van der Waals surface area contributed by atoms with Crippen LogP contribution in [0, 0.1) is 0 Å². The average molecular weight is 302 g/mol. The molecule has 0 fully saturated rings. The smallest absolute Gasteiger partial charge is 0.322 e. The SMILES string of the molecule is CCCCCCCC[C@](C)(SC(=O)CC)C(=O)OCC. The van der Waals surface area contributed by atoms with E-state index in [9.17, 15) is 9.59 Å². The fourth-order valence-electron chi connectivity index (χ4n) is 2.04. The van der Waals surface area contributed by atoms with Crippen LogP contribution in [-0.2, 0) is 14.3 Å². The molecule has 118 valence electrons. The van der Waals surface area contributed by atoms with Crippen molar-refractivity contribution in [3.05, 3.63) is 0 Å². The first kappa shape index (κ1) is 19.5. The van der Waals surface area contributed by atoms with Gasteiger partial charge < -0.3 is 4.74 Å². The van der Waals surface area contributed by atoms with E-state index in [4.69, 9.17) is 4.74 Å².